The Bertz CT molecular complexity index is 786. The molecule has 6 nitrogen and oxygen atoms in total. The molecule has 1 aromatic carbocycles. The van der Waals surface area contributed by atoms with Crippen LogP contribution < -0.4 is 0 Å². The average Bonchev–Trinajstić information content (AvgIpc) is 2.60. The van der Waals surface area contributed by atoms with Crippen molar-refractivity contribution in [3.8, 4) is 0 Å². The van der Waals surface area contributed by atoms with Crippen LogP contribution in [0.25, 0.3) is 0 Å². The van der Waals surface area contributed by atoms with E-state index in [-0.39, 0.29) is 11.5 Å². The average molecular weight is 395 g/mol. The summed E-state index contributed by atoms with van der Waals surface area (Å²) in [5, 5.41) is 0. The highest BCUT2D eigenvalue weighted by Gasteiger charge is 2.32. The van der Waals surface area contributed by atoms with E-state index in [1.165, 1.54) is 15.5 Å². The van der Waals surface area contributed by atoms with Crippen LogP contribution in [0.15, 0.2) is 24.3 Å². The van der Waals surface area contributed by atoms with E-state index >= 15 is 0 Å². The summed E-state index contributed by atoms with van der Waals surface area (Å²) in [6, 6.07) is 7.07. The lowest BCUT2D eigenvalue weighted by Gasteiger charge is -2.36. The normalized spacial score (nSPS) is 16.6. The van der Waals surface area contributed by atoms with Crippen LogP contribution in [0.4, 0.5) is 0 Å². The lowest BCUT2D eigenvalue weighted by atomic mass is 9.86. The molecule has 0 N–H and O–H groups in total. The third-order valence-corrected chi connectivity index (χ3v) is 6.51. The van der Waals surface area contributed by atoms with Crippen LogP contribution in [-0.4, -0.2) is 61.2 Å². The van der Waals surface area contributed by atoms with E-state index in [1.807, 2.05) is 19.1 Å². The number of ketones is 1. The number of hydrogen-bond acceptors (Lipinski definition) is 4. The summed E-state index contributed by atoms with van der Waals surface area (Å²) in [7, 11) is -3.26. The van der Waals surface area contributed by atoms with Gasteiger partial charge in [0.25, 0.3) is 5.91 Å². The van der Waals surface area contributed by atoms with E-state index in [0.29, 0.717) is 38.0 Å². The Morgan fingerprint density at radius 1 is 1.11 bits per heavy atom. The van der Waals surface area contributed by atoms with Gasteiger partial charge in [0.1, 0.15) is 0 Å². The lowest BCUT2D eigenvalue weighted by molar-refractivity contribution is -0.127. The highest BCUT2D eigenvalue weighted by atomic mass is 32.2. The van der Waals surface area contributed by atoms with Crippen LogP contribution in [0.1, 0.15) is 56.5 Å². The van der Waals surface area contributed by atoms with E-state index in [1.54, 1.807) is 12.1 Å². The molecule has 0 unspecified atom stereocenters. The summed E-state index contributed by atoms with van der Waals surface area (Å²) in [6.45, 7) is 9.28. The van der Waals surface area contributed by atoms with Crippen LogP contribution in [0.3, 0.4) is 0 Å². The minimum atomic E-state index is -3.26. The molecular weight excluding hydrogens is 364 g/mol. The fourth-order valence-corrected chi connectivity index (χ4v) is 4.73. The summed E-state index contributed by atoms with van der Waals surface area (Å²) in [5.74, 6) is -1.02. The zero-order chi connectivity index (χ0) is 20.4. The monoisotopic (exact) mass is 394 g/mol. The van der Waals surface area contributed by atoms with E-state index in [0.717, 1.165) is 5.56 Å². The maximum absolute atomic E-state index is 12.6. The molecule has 1 fully saturated rings. The summed E-state index contributed by atoms with van der Waals surface area (Å²) in [5.41, 5.74) is 1.48. The molecule has 1 amide bonds. The fraction of sp³-hybridized carbons (Fsp3) is 0.600. The van der Waals surface area contributed by atoms with E-state index < -0.39 is 21.7 Å². The molecule has 0 atom stereocenters. The number of nitrogens with zero attached hydrogens (tertiary/aromatic N) is 2. The Morgan fingerprint density at radius 2 is 1.63 bits per heavy atom. The number of hydrogen-bond donors (Lipinski definition) is 0. The number of carbonyl (C=O) groups excluding carboxylic acids is 2. The van der Waals surface area contributed by atoms with Gasteiger partial charge in [-0.15, -0.1) is 0 Å². The number of sulfonamides is 1. The predicted octanol–water partition coefficient (Wildman–Crippen LogP) is 2.44. The number of likely N-dealkylation sites (tertiary alicyclic amines) is 1. The quantitative estimate of drug-likeness (QED) is 0.568. The third-order valence-electron chi connectivity index (χ3n) is 5.10. The molecule has 1 aromatic rings. The first-order valence-electron chi connectivity index (χ1n) is 9.36. The molecular formula is C20H30N2O4S. The molecule has 0 aliphatic carbocycles. The van der Waals surface area contributed by atoms with Gasteiger partial charge in [0.15, 0.2) is 0 Å². The van der Waals surface area contributed by atoms with Gasteiger partial charge in [-0.05, 0) is 23.8 Å². The van der Waals surface area contributed by atoms with Gasteiger partial charge in [-0.3, -0.25) is 9.59 Å². The summed E-state index contributed by atoms with van der Waals surface area (Å²) >= 11 is 0. The minimum absolute atomic E-state index is 0.0156. The molecule has 150 valence electrons. The number of carbonyl (C=O) groups is 2. The number of Topliss-reactive ketones (excluding diaryl/α,β-unsaturated/α-hetero) is 1. The zero-order valence-electron chi connectivity index (χ0n) is 16.9. The molecule has 0 aromatic heterocycles. The molecule has 0 saturated carbocycles. The predicted molar refractivity (Wildman–Crippen MR) is 106 cm³/mol. The van der Waals surface area contributed by atoms with Crippen molar-refractivity contribution in [2.45, 2.75) is 52.0 Å². The maximum atomic E-state index is 12.6. The molecule has 1 heterocycles. The van der Waals surface area contributed by atoms with E-state index in [4.69, 9.17) is 0 Å². The Hall–Kier alpha value is -1.73. The Morgan fingerprint density at radius 3 is 2.04 bits per heavy atom. The second kappa shape index (κ2) is 8.10. The second-order valence-electron chi connectivity index (χ2n) is 8.15. The first kappa shape index (κ1) is 21.6. The molecule has 1 saturated heterocycles. The standard InChI is InChI=1S/C20H30N2O4S/c1-6-22(27(5,25)26)17-11-13-21(14-12-17)19(24)18(23)15-7-9-16(10-8-15)20(2,3)4/h7-10,17H,6,11-14H2,1-5H3. The van der Waals surface area contributed by atoms with Gasteiger partial charge in [-0.1, -0.05) is 52.0 Å². The van der Waals surface area contributed by atoms with Crippen molar-refractivity contribution in [1.29, 1.82) is 0 Å². The fourth-order valence-electron chi connectivity index (χ4n) is 3.51. The summed E-state index contributed by atoms with van der Waals surface area (Å²) in [6.07, 6.45) is 2.30. The van der Waals surface area contributed by atoms with Crippen LogP contribution in [-0.2, 0) is 20.2 Å². The van der Waals surface area contributed by atoms with Crippen LogP contribution >= 0.6 is 0 Å². The van der Waals surface area contributed by atoms with E-state index in [9.17, 15) is 18.0 Å². The first-order valence-corrected chi connectivity index (χ1v) is 11.2. The molecule has 2 rings (SSSR count). The topological polar surface area (TPSA) is 74.8 Å². The first-order chi connectivity index (χ1) is 12.4. The van der Waals surface area contributed by atoms with Crippen LogP contribution in [0.2, 0.25) is 0 Å². The van der Waals surface area contributed by atoms with Crippen molar-refractivity contribution in [2.24, 2.45) is 0 Å². The molecule has 1 aliphatic rings. The number of piperidine rings is 1. The molecule has 7 heteroatoms. The Balaban J connectivity index is 2.02. The van der Waals surface area contributed by atoms with Gasteiger partial charge in [0.05, 0.1) is 6.26 Å². The zero-order valence-corrected chi connectivity index (χ0v) is 17.7. The van der Waals surface area contributed by atoms with Crippen molar-refractivity contribution in [3.63, 3.8) is 0 Å². The molecule has 0 radical (unpaired) electrons. The smallest absolute Gasteiger partial charge is 0.294 e. The molecule has 1 aliphatic heterocycles. The van der Waals surface area contributed by atoms with E-state index in [2.05, 4.69) is 20.8 Å². The number of rotatable bonds is 5. The van der Waals surface area contributed by atoms with Gasteiger partial charge in [0.2, 0.25) is 15.8 Å². The SMILES string of the molecule is CCN(C1CCN(C(=O)C(=O)c2ccc(C(C)(C)C)cc2)CC1)S(C)(=O)=O. The van der Waals surface area contributed by atoms with Crippen molar-refractivity contribution in [1.82, 2.24) is 9.21 Å². The van der Waals surface area contributed by atoms with Crippen molar-refractivity contribution < 1.29 is 18.0 Å². The highest BCUT2D eigenvalue weighted by molar-refractivity contribution is 7.88. The molecule has 0 spiro atoms. The summed E-state index contributed by atoms with van der Waals surface area (Å²) < 4.78 is 25.2. The summed E-state index contributed by atoms with van der Waals surface area (Å²) in [4.78, 5) is 26.6. The van der Waals surface area contributed by atoms with Gasteiger partial charge in [-0.2, -0.15) is 4.31 Å². The minimum Gasteiger partial charge on any atom is -0.336 e. The van der Waals surface area contributed by atoms with Crippen LogP contribution in [0.5, 0.6) is 0 Å². The van der Waals surface area contributed by atoms with Gasteiger partial charge >= 0.3 is 0 Å². The number of benzene rings is 1. The second-order valence-corrected chi connectivity index (χ2v) is 10.1. The lowest BCUT2D eigenvalue weighted by Crippen LogP contribution is -2.49. The molecule has 0 bridgehead atoms. The van der Waals surface area contributed by atoms with Crippen molar-refractivity contribution >= 4 is 21.7 Å². The largest absolute Gasteiger partial charge is 0.336 e. The number of amides is 1. The Labute approximate surface area is 162 Å². The third kappa shape index (κ3) is 5.17. The van der Waals surface area contributed by atoms with Crippen molar-refractivity contribution in [2.75, 3.05) is 25.9 Å². The van der Waals surface area contributed by atoms with Crippen LogP contribution in [0, 0.1) is 0 Å². The van der Waals surface area contributed by atoms with Gasteiger partial charge in [0, 0.05) is 31.2 Å². The molecule has 27 heavy (non-hydrogen) atoms. The van der Waals surface area contributed by atoms with Gasteiger partial charge in [-0.25, -0.2) is 8.42 Å². The van der Waals surface area contributed by atoms with Gasteiger partial charge < -0.3 is 4.90 Å². The Kier molecular flexibility index (Phi) is 6.47. The maximum Gasteiger partial charge on any atom is 0.294 e. The van der Waals surface area contributed by atoms with Crippen molar-refractivity contribution in [3.05, 3.63) is 35.4 Å². The highest BCUT2D eigenvalue weighted by Crippen LogP contribution is 2.23.